The third kappa shape index (κ3) is 3.68. The topological polar surface area (TPSA) is 75.4 Å². The highest BCUT2D eigenvalue weighted by Crippen LogP contribution is 2.39. The maximum atomic E-state index is 14.1. The lowest BCUT2D eigenvalue weighted by Gasteiger charge is -2.14. The predicted molar refractivity (Wildman–Crippen MR) is 90.2 cm³/mol. The number of benzene rings is 1. The van der Waals surface area contributed by atoms with Crippen molar-refractivity contribution in [1.82, 2.24) is 15.2 Å². The van der Waals surface area contributed by atoms with Gasteiger partial charge in [-0.05, 0) is 26.2 Å². The van der Waals surface area contributed by atoms with E-state index in [0.717, 1.165) is 18.2 Å². The van der Waals surface area contributed by atoms with E-state index in [1.54, 1.807) is 0 Å². The number of oxazole rings is 1. The molecule has 0 saturated heterocycles. The number of rotatable bonds is 5. The van der Waals surface area contributed by atoms with Gasteiger partial charge < -0.3 is 14.6 Å². The minimum absolute atomic E-state index is 0.0633. The lowest BCUT2D eigenvalue weighted by Crippen LogP contribution is -2.31. The minimum Gasteiger partial charge on any atom is -0.432 e. The van der Waals surface area contributed by atoms with Crippen molar-refractivity contribution in [2.45, 2.75) is 6.18 Å². The Balaban J connectivity index is 2.00. The first-order valence-electron chi connectivity index (χ1n) is 8.16. The molecule has 0 atom stereocenters. The largest absolute Gasteiger partial charge is 0.432 e. The first-order valence-corrected chi connectivity index (χ1v) is 8.16. The third-order valence-electron chi connectivity index (χ3n) is 3.99. The number of halogens is 4. The van der Waals surface area contributed by atoms with Crippen LogP contribution in [0.4, 0.5) is 17.6 Å². The van der Waals surface area contributed by atoms with Crippen LogP contribution < -0.4 is 5.32 Å². The minimum atomic E-state index is -4.88. The van der Waals surface area contributed by atoms with Gasteiger partial charge in [0.15, 0.2) is 5.69 Å². The number of Topliss-reactive ketones (excluding diaryl/α,β-unsaturated/α-hetero) is 1. The highest BCUT2D eigenvalue weighted by atomic mass is 19.4. The Kier molecular flexibility index (Phi) is 5.07. The fraction of sp³-hybridized carbons (Fsp3) is 0.278. The Morgan fingerprint density at radius 2 is 1.93 bits per heavy atom. The van der Waals surface area contributed by atoms with Gasteiger partial charge in [0.1, 0.15) is 5.82 Å². The van der Waals surface area contributed by atoms with Crippen molar-refractivity contribution in [3.05, 3.63) is 52.8 Å². The molecule has 148 valence electrons. The number of hydrogen-bond acceptors (Lipinski definition) is 6. The van der Waals surface area contributed by atoms with Gasteiger partial charge >= 0.3 is 6.18 Å². The van der Waals surface area contributed by atoms with Gasteiger partial charge in [-0.1, -0.05) is 6.07 Å². The molecule has 0 saturated carbocycles. The average Bonchev–Trinajstić information content (AvgIpc) is 3.03. The zero-order chi connectivity index (χ0) is 20.6. The summed E-state index contributed by atoms with van der Waals surface area (Å²) in [5.74, 6) is -3.99. The van der Waals surface area contributed by atoms with E-state index in [9.17, 15) is 27.2 Å². The van der Waals surface area contributed by atoms with Crippen LogP contribution in [0, 0.1) is 5.82 Å². The first kappa shape index (κ1) is 19.7. The summed E-state index contributed by atoms with van der Waals surface area (Å²) in [6.45, 7) is 0.914. The Morgan fingerprint density at radius 1 is 1.21 bits per heavy atom. The summed E-state index contributed by atoms with van der Waals surface area (Å²) < 4.78 is 59.0. The van der Waals surface area contributed by atoms with E-state index < -0.39 is 52.0 Å². The molecular weight excluding hydrogens is 382 g/mol. The van der Waals surface area contributed by atoms with Crippen LogP contribution in [0.25, 0.3) is 11.5 Å². The normalized spacial score (nSPS) is 14.3. The maximum absolute atomic E-state index is 14.1. The number of fused-ring (bicyclic) bond motifs is 1. The van der Waals surface area contributed by atoms with E-state index in [4.69, 9.17) is 4.42 Å². The molecular formula is C18H15F4N3O3. The summed E-state index contributed by atoms with van der Waals surface area (Å²) in [5, 5.41) is 2.78. The van der Waals surface area contributed by atoms with Gasteiger partial charge in [-0.2, -0.15) is 13.2 Å². The molecule has 0 amide bonds. The molecule has 1 N–H and O–H groups in total. The molecule has 3 rings (SSSR count). The van der Waals surface area contributed by atoms with Crippen molar-refractivity contribution in [3.63, 3.8) is 0 Å². The smallest absolute Gasteiger partial charge is 0.417 e. The molecule has 10 heteroatoms. The van der Waals surface area contributed by atoms with Crippen LogP contribution in [0.15, 0.2) is 34.4 Å². The van der Waals surface area contributed by atoms with Crippen molar-refractivity contribution < 1.29 is 31.6 Å². The molecule has 1 aliphatic rings. The van der Waals surface area contributed by atoms with E-state index >= 15 is 0 Å². The Labute approximate surface area is 156 Å². The van der Waals surface area contributed by atoms with Crippen LogP contribution in [0.2, 0.25) is 0 Å². The average molecular weight is 397 g/mol. The van der Waals surface area contributed by atoms with Crippen LogP contribution in [-0.2, 0) is 6.18 Å². The Morgan fingerprint density at radius 3 is 2.57 bits per heavy atom. The van der Waals surface area contributed by atoms with E-state index in [0.29, 0.717) is 19.2 Å². The highest BCUT2D eigenvalue weighted by molar-refractivity contribution is 6.22. The first-order chi connectivity index (χ1) is 13.1. The second-order valence-electron chi connectivity index (χ2n) is 6.34. The number of allylic oxidation sites excluding steroid dienone is 2. The van der Waals surface area contributed by atoms with Crippen LogP contribution in [0.1, 0.15) is 26.6 Å². The van der Waals surface area contributed by atoms with Crippen LogP contribution >= 0.6 is 0 Å². The number of hydrogen-bond donors (Lipinski definition) is 1. The monoisotopic (exact) mass is 397 g/mol. The second kappa shape index (κ2) is 7.19. The summed E-state index contributed by atoms with van der Waals surface area (Å²) in [6, 6.07) is 2.37. The molecule has 0 radical (unpaired) electrons. The number of carbonyl (C=O) groups excluding carboxylic acids is 2. The number of ketones is 2. The molecule has 1 aliphatic carbocycles. The number of alkyl halides is 3. The summed E-state index contributed by atoms with van der Waals surface area (Å²) in [5.41, 5.74) is -2.78. The zero-order valence-electron chi connectivity index (χ0n) is 14.9. The Bertz CT molecular complexity index is 977. The zero-order valence-corrected chi connectivity index (χ0v) is 14.9. The van der Waals surface area contributed by atoms with Gasteiger partial charge in [0, 0.05) is 19.2 Å². The highest BCUT2D eigenvalue weighted by Gasteiger charge is 2.38. The van der Waals surface area contributed by atoms with E-state index in [1.165, 1.54) is 0 Å². The van der Waals surface area contributed by atoms with Crippen LogP contribution in [0.3, 0.4) is 0 Å². The van der Waals surface area contributed by atoms with Gasteiger partial charge in [-0.15, -0.1) is 0 Å². The number of likely N-dealkylation sites (N-methyl/N-ethyl adjacent to an activating group) is 1. The van der Waals surface area contributed by atoms with Crippen molar-refractivity contribution in [3.8, 4) is 11.5 Å². The number of carbonyl (C=O) groups is 2. The SMILES string of the molecule is CN(C)CCNC1=CC(=O)c2nc(-c3c(F)cccc3C(F)(F)F)oc2C1=O. The van der Waals surface area contributed by atoms with Crippen LogP contribution in [0.5, 0.6) is 0 Å². The van der Waals surface area contributed by atoms with E-state index in [2.05, 4.69) is 10.3 Å². The van der Waals surface area contributed by atoms with Crippen LogP contribution in [-0.4, -0.2) is 48.6 Å². The quantitative estimate of drug-likeness (QED) is 0.782. The fourth-order valence-electron chi connectivity index (χ4n) is 2.66. The molecule has 0 bridgehead atoms. The lowest BCUT2D eigenvalue weighted by atomic mass is 10.0. The molecule has 2 aromatic rings. The van der Waals surface area contributed by atoms with Crippen molar-refractivity contribution in [2.75, 3.05) is 27.2 Å². The van der Waals surface area contributed by atoms with Crippen molar-refractivity contribution in [2.24, 2.45) is 0 Å². The van der Waals surface area contributed by atoms with E-state index in [1.807, 2.05) is 19.0 Å². The Hall–Kier alpha value is -3.01. The number of aromatic nitrogens is 1. The van der Waals surface area contributed by atoms with Crippen molar-refractivity contribution in [1.29, 1.82) is 0 Å². The molecule has 1 heterocycles. The second-order valence-corrected chi connectivity index (χ2v) is 6.34. The van der Waals surface area contributed by atoms with Gasteiger partial charge in [0.25, 0.3) is 0 Å². The lowest BCUT2D eigenvalue weighted by molar-refractivity contribution is -0.137. The maximum Gasteiger partial charge on any atom is 0.417 e. The summed E-state index contributed by atoms with van der Waals surface area (Å²) in [7, 11) is 3.63. The molecule has 0 fully saturated rings. The van der Waals surface area contributed by atoms with Gasteiger partial charge in [0.05, 0.1) is 16.8 Å². The summed E-state index contributed by atoms with van der Waals surface area (Å²) >= 11 is 0. The van der Waals surface area contributed by atoms with Gasteiger partial charge in [0.2, 0.25) is 23.2 Å². The summed E-state index contributed by atoms with van der Waals surface area (Å²) in [6.07, 6.45) is -3.88. The third-order valence-corrected chi connectivity index (χ3v) is 3.99. The van der Waals surface area contributed by atoms with E-state index in [-0.39, 0.29) is 5.70 Å². The molecule has 6 nitrogen and oxygen atoms in total. The molecule has 0 aliphatic heterocycles. The summed E-state index contributed by atoms with van der Waals surface area (Å²) in [4.78, 5) is 30.3. The fourth-order valence-corrected chi connectivity index (χ4v) is 2.66. The molecule has 1 aromatic heterocycles. The molecule has 0 unspecified atom stereocenters. The van der Waals surface area contributed by atoms with Crippen molar-refractivity contribution >= 4 is 11.6 Å². The standard InChI is InChI=1S/C18H15F4N3O3/c1-25(2)7-6-23-11-8-12(26)14-16(15(11)27)28-17(24-14)13-9(18(20,21)22)4-3-5-10(13)19/h3-5,8,23H,6-7H2,1-2H3. The molecule has 1 aromatic carbocycles. The number of nitrogens with zero attached hydrogens (tertiary/aromatic N) is 2. The van der Waals surface area contributed by atoms with Gasteiger partial charge in [-0.25, -0.2) is 9.37 Å². The molecule has 28 heavy (non-hydrogen) atoms. The van der Waals surface area contributed by atoms with Gasteiger partial charge in [-0.3, -0.25) is 9.59 Å². The molecule has 0 spiro atoms. The number of nitrogens with one attached hydrogen (secondary N) is 1. The predicted octanol–water partition coefficient (Wildman–Crippen LogP) is 2.91.